The van der Waals surface area contributed by atoms with Gasteiger partial charge in [0, 0.05) is 5.56 Å². The maximum atomic E-state index is 12.2. The zero-order valence-electron chi connectivity index (χ0n) is 12.6. The molecule has 0 atom stereocenters. The minimum absolute atomic E-state index is 0.0521. The quantitative estimate of drug-likeness (QED) is 0.769. The van der Waals surface area contributed by atoms with E-state index in [1.54, 1.807) is 24.3 Å². The highest BCUT2D eigenvalue weighted by Gasteiger charge is 2.27. The summed E-state index contributed by atoms with van der Waals surface area (Å²) in [4.78, 5) is 12.2. The second-order valence-corrected chi connectivity index (χ2v) is 4.97. The summed E-state index contributed by atoms with van der Waals surface area (Å²) in [5.41, 5.74) is 0.0441. The first-order valence-corrected chi connectivity index (χ1v) is 7.27. The number of nitrogens with one attached hydrogen (secondary N) is 1. The molecule has 0 unspecified atom stereocenters. The third-order valence-corrected chi connectivity index (χ3v) is 3.62. The smallest absolute Gasteiger partial charge is 0.251 e. The standard InChI is InChI=1S/C16H25NO3/c1-4-11-20-14-9-7-13(8-10-14)15(19)17-16(5-2,6-3)12-18/h7-10,18H,4-6,11-12H2,1-3H3,(H,17,19). The summed E-state index contributed by atoms with van der Waals surface area (Å²) < 4.78 is 5.48. The summed E-state index contributed by atoms with van der Waals surface area (Å²) in [5.74, 6) is 0.604. The van der Waals surface area contributed by atoms with Crippen LogP contribution in [-0.4, -0.2) is 29.8 Å². The average Bonchev–Trinajstić information content (AvgIpc) is 2.51. The van der Waals surface area contributed by atoms with E-state index in [0.29, 0.717) is 25.0 Å². The van der Waals surface area contributed by atoms with Gasteiger partial charge in [0.2, 0.25) is 0 Å². The fourth-order valence-electron chi connectivity index (χ4n) is 1.93. The monoisotopic (exact) mass is 279 g/mol. The normalized spacial score (nSPS) is 11.2. The lowest BCUT2D eigenvalue weighted by molar-refractivity contribution is 0.0818. The van der Waals surface area contributed by atoms with Crippen LogP contribution >= 0.6 is 0 Å². The van der Waals surface area contributed by atoms with Crippen molar-refractivity contribution in [3.63, 3.8) is 0 Å². The van der Waals surface area contributed by atoms with Gasteiger partial charge in [0.15, 0.2) is 0 Å². The molecule has 2 N–H and O–H groups in total. The van der Waals surface area contributed by atoms with Crippen LogP contribution in [0.15, 0.2) is 24.3 Å². The molecule has 0 aromatic heterocycles. The van der Waals surface area contributed by atoms with Gasteiger partial charge in [-0.15, -0.1) is 0 Å². The van der Waals surface area contributed by atoms with Gasteiger partial charge >= 0.3 is 0 Å². The number of ether oxygens (including phenoxy) is 1. The number of carbonyl (C=O) groups is 1. The number of carbonyl (C=O) groups excluding carboxylic acids is 1. The van der Waals surface area contributed by atoms with E-state index < -0.39 is 5.54 Å². The van der Waals surface area contributed by atoms with E-state index in [2.05, 4.69) is 5.32 Å². The molecule has 0 aliphatic carbocycles. The molecule has 0 bridgehead atoms. The molecule has 1 aromatic carbocycles. The van der Waals surface area contributed by atoms with E-state index in [0.717, 1.165) is 12.2 Å². The highest BCUT2D eigenvalue weighted by molar-refractivity contribution is 5.94. The summed E-state index contributed by atoms with van der Waals surface area (Å²) in [6.45, 7) is 6.59. The van der Waals surface area contributed by atoms with Gasteiger partial charge in [0.05, 0.1) is 18.8 Å². The van der Waals surface area contributed by atoms with Crippen molar-refractivity contribution in [3.8, 4) is 5.75 Å². The van der Waals surface area contributed by atoms with E-state index in [4.69, 9.17) is 4.74 Å². The number of hydrogen-bond donors (Lipinski definition) is 2. The van der Waals surface area contributed by atoms with Crippen molar-refractivity contribution in [3.05, 3.63) is 29.8 Å². The lowest BCUT2D eigenvalue weighted by atomic mass is 9.93. The third kappa shape index (κ3) is 4.23. The fourth-order valence-corrected chi connectivity index (χ4v) is 1.93. The van der Waals surface area contributed by atoms with E-state index in [1.807, 2.05) is 20.8 Å². The van der Waals surface area contributed by atoms with Crippen molar-refractivity contribution in [2.24, 2.45) is 0 Å². The molecule has 4 nitrogen and oxygen atoms in total. The van der Waals surface area contributed by atoms with Gasteiger partial charge in [0.25, 0.3) is 5.91 Å². The van der Waals surface area contributed by atoms with E-state index in [9.17, 15) is 9.90 Å². The number of hydrogen-bond acceptors (Lipinski definition) is 3. The van der Waals surface area contributed by atoms with Crippen LogP contribution in [0, 0.1) is 0 Å². The first-order chi connectivity index (χ1) is 9.60. The van der Waals surface area contributed by atoms with Crippen LogP contribution in [0.25, 0.3) is 0 Å². The first kappa shape index (κ1) is 16.5. The minimum Gasteiger partial charge on any atom is -0.494 e. The minimum atomic E-state index is -0.533. The van der Waals surface area contributed by atoms with Gasteiger partial charge in [-0.05, 0) is 43.5 Å². The number of rotatable bonds is 8. The van der Waals surface area contributed by atoms with Crippen molar-refractivity contribution in [1.29, 1.82) is 0 Å². The molecule has 4 heteroatoms. The van der Waals surface area contributed by atoms with Crippen molar-refractivity contribution in [1.82, 2.24) is 5.32 Å². The van der Waals surface area contributed by atoms with Crippen LogP contribution in [0.4, 0.5) is 0 Å². The first-order valence-electron chi connectivity index (χ1n) is 7.27. The van der Waals surface area contributed by atoms with Crippen LogP contribution in [-0.2, 0) is 0 Å². The third-order valence-electron chi connectivity index (χ3n) is 3.62. The van der Waals surface area contributed by atoms with E-state index >= 15 is 0 Å². The highest BCUT2D eigenvalue weighted by Crippen LogP contribution is 2.17. The van der Waals surface area contributed by atoms with Crippen LogP contribution < -0.4 is 10.1 Å². The number of benzene rings is 1. The number of aliphatic hydroxyl groups excluding tert-OH is 1. The van der Waals surface area contributed by atoms with Crippen LogP contribution in [0.1, 0.15) is 50.4 Å². The summed E-state index contributed by atoms with van der Waals surface area (Å²) in [5, 5.41) is 12.4. The molecule has 0 aliphatic heterocycles. The predicted octanol–water partition coefficient (Wildman–Crippen LogP) is 2.76. The van der Waals surface area contributed by atoms with E-state index in [-0.39, 0.29) is 12.5 Å². The molecular formula is C16H25NO3. The Balaban J connectivity index is 2.72. The van der Waals surface area contributed by atoms with Crippen LogP contribution in [0.2, 0.25) is 0 Å². The SMILES string of the molecule is CCCOc1ccc(C(=O)NC(CC)(CC)CO)cc1. The second-order valence-electron chi connectivity index (χ2n) is 4.97. The molecule has 112 valence electrons. The molecule has 0 aliphatic rings. The average molecular weight is 279 g/mol. The zero-order valence-corrected chi connectivity index (χ0v) is 12.6. The van der Waals surface area contributed by atoms with E-state index in [1.165, 1.54) is 0 Å². The van der Waals surface area contributed by atoms with Gasteiger partial charge in [-0.2, -0.15) is 0 Å². The van der Waals surface area contributed by atoms with Gasteiger partial charge in [0.1, 0.15) is 5.75 Å². The summed E-state index contributed by atoms with van der Waals surface area (Å²) in [6.07, 6.45) is 2.35. The van der Waals surface area contributed by atoms with Crippen LogP contribution in [0.5, 0.6) is 5.75 Å². The number of amides is 1. The Bertz CT molecular complexity index is 402. The van der Waals surface area contributed by atoms with Crippen LogP contribution in [0.3, 0.4) is 0 Å². The largest absolute Gasteiger partial charge is 0.494 e. The van der Waals surface area contributed by atoms with Gasteiger partial charge < -0.3 is 15.2 Å². The molecule has 0 heterocycles. The Labute approximate surface area is 121 Å². The molecule has 0 radical (unpaired) electrons. The van der Waals surface area contributed by atoms with Gasteiger partial charge in [-0.3, -0.25) is 4.79 Å². The molecule has 1 amide bonds. The van der Waals surface area contributed by atoms with Crippen molar-refractivity contribution in [2.75, 3.05) is 13.2 Å². The maximum Gasteiger partial charge on any atom is 0.251 e. The molecule has 20 heavy (non-hydrogen) atoms. The molecule has 0 spiro atoms. The fraction of sp³-hybridized carbons (Fsp3) is 0.562. The van der Waals surface area contributed by atoms with Crippen molar-refractivity contribution < 1.29 is 14.6 Å². The zero-order chi connectivity index (χ0) is 15.0. The lowest BCUT2D eigenvalue weighted by Crippen LogP contribution is -2.50. The van der Waals surface area contributed by atoms with Gasteiger partial charge in [-0.1, -0.05) is 20.8 Å². The Morgan fingerprint density at radius 2 is 1.80 bits per heavy atom. The molecule has 0 saturated carbocycles. The number of aliphatic hydroxyl groups is 1. The second kappa shape index (κ2) is 7.90. The van der Waals surface area contributed by atoms with Gasteiger partial charge in [-0.25, -0.2) is 0 Å². The highest BCUT2D eigenvalue weighted by atomic mass is 16.5. The molecule has 1 rings (SSSR count). The molecule has 1 aromatic rings. The Morgan fingerprint density at radius 3 is 2.25 bits per heavy atom. The maximum absolute atomic E-state index is 12.2. The Hall–Kier alpha value is -1.55. The predicted molar refractivity (Wildman–Crippen MR) is 80.1 cm³/mol. The molecule has 0 saturated heterocycles. The summed E-state index contributed by atoms with van der Waals surface area (Å²) in [6, 6.07) is 7.08. The topological polar surface area (TPSA) is 58.6 Å². The molecular weight excluding hydrogens is 254 g/mol. The Kier molecular flexibility index (Phi) is 6.52. The lowest BCUT2D eigenvalue weighted by Gasteiger charge is -2.30. The van der Waals surface area contributed by atoms with Crippen molar-refractivity contribution >= 4 is 5.91 Å². The molecule has 0 fully saturated rings. The Morgan fingerprint density at radius 1 is 1.20 bits per heavy atom. The summed E-state index contributed by atoms with van der Waals surface area (Å²) in [7, 11) is 0. The summed E-state index contributed by atoms with van der Waals surface area (Å²) >= 11 is 0. The van der Waals surface area contributed by atoms with Crippen molar-refractivity contribution in [2.45, 2.75) is 45.6 Å².